The first-order valence-electron chi connectivity index (χ1n) is 5.17. The van der Waals surface area contributed by atoms with Crippen LogP contribution in [0.25, 0.3) is 0 Å². The smallest absolute Gasteiger partial charge is 0.227 e. The highest BCUT2D eigenvalue weighted by Gasteiger charge is 2.24. The summed E-state index contributed by atoms with van der Waals surface area (Å²) in [4.78, 5) is 13.4. The van der Waals surface area contributed by atoms with Crippen molar-refractivity contribution in [2.24, 2.45) is 0 Å². The number of aryl methyl sites for hydroxylation is 1. The Morgan fingerprint density at radius 2 is 2.20 bits per heavy atom. The summed E-state index contributed by atoms with van der Waals surface area (Å²) in [6.45, 7) is 2.82. The van der Waals surface area contributed by atoms with Crippen LogP contribution >= 0.6 is 0 Å². The topological polar surface area (TPSA) is 29.5 Å². The number of ether oxygens (including phenoxy) is 1. The van der Waals surface area contributed by atoms with Crippen LogP contribution in [0.4, 0.5) is 5.69 Å². The molecule has 1 saturated heterocycles. The van der Waals surface area contributed by atoms with E-state index in [-0.39, 0.29) is 5.91 Å². The first kappa shape index (κ1) is 10.0. The number of nitrogens with zero attached hydrogens (tertiary/aromatic N) is 1. The first-order valence-corrected chi connectivity index (χ1v) is 5.17. The predicted octanol–water partition coefficient (Wildman–Crippen LogP) is 2.13. The summed E-state index contributed by atoms with van der Waals surface area (Å²) in [5, 5.41) is 0. The van der Waals surface area contributed by atoms with E-state index in [0.29, 0.717) is 6.42 Å². The third-order valence-electron chi connectivity index (χ3n) is 2.70. The normalized spacial score (nSPS) is 15.9. The molecule has 0 spiro atoms. The highest BCUT2D eigenvalue weighted by atomic mass is 16.5. The minimum atomic E-state index is 0.193. The molecule has 0 unspecified atom stereocenters. The summed E-state index contributed by atoms with van der Waals surface area (Å²) in [5.41, 5.74) is 2.05. The van der Waals surface area contributed by atoms with Crippen molar-refractivity contribution in [3.05, 3.63) is 23.8 Å². The Bertz CT molecular complexity index is 387. The predicted molar refractivity (Wildman–Crippen MR) is 59.3 cm³/mol. The van der Waals surface area contributed by atoms with Gasteiger partial charge < -0.3 is 9.64 Å². The van der Waals surface area contributed by atoms with Crippen molar-refractivity contribution in [1.29, 1.82) is 0 Å². The Labute approximate surface area is 89.7 Å². The van der Waals surface area contributed by atoms with Gasteiger partial charge in [-0.2, -0.15) is 0 Å². The molecule has 3 nitrogen and oxygen atoms in total. The van der Waals surface area contributed by atoms with Crippen LogP contribution in [0.15, 0.2) is 18.2 Å². The number of benzene rings is 1. The van der Waals surface area contributed by atoms with Gasteiger partial charge in [-0.05, 0) is 31.0 Å². The molecule has 1 aromatic rings. The number of carbonyl (C=O) groups excluding carboxylic acids is 1. The molecule has 3 heteroatoms. The van der Waals surface area contributed by atoms with Gasteiger partial charge in [-0.1, -0.05) is 6.07 Å². The maximum Gasteiger partial charge on any atom is 0.227 e. The van der Waals surface area contributed by atoms with Gasteiger partial charge in [0.15, 0.2) is 0 Å². The second kappa shape index (κ2) is 3.93. The molecule has 1 heterocycles. The van der Waals surface area contributed by atoms with Crippen LogP contribution in [0.3, 0.4) is 0 Å². The first-order chi connectivity index (χ1) is 7.22. The fourth-order valence-electron chi connectivity index (χ4n) is 1.91. The van der Waals surface area contributed by atoms with Gasteiger partial charge in [0.25, 0.3) is 0 Å². The Hall–Kier alpha value is -1.51. The zero-order valence-electron chi connectivity index (χ0n) is 9.12. The molecule has 0 saturated carbocycles. The fourth-order valence-corrected chi connectivity index (χ4v) is 1.91. The average Bonchev–Trinajstić information content (AvgIpc) is 2.64. The van der Waals surface area contributed by atoms with Gasteiger partial charge in [0.1, 0.15) is 5.75 Å². The molecule has 0 N–H and O–H groups in total. The van der Waals surface area contributed by atoms with E-state index in [2.05, 4.69) is 0 Å². The van der Waals surface area contributed by atoms with Crippen molar-refractivity contribution in [3.63, 3.8) is 0 Å². The second-order valence-corrected chi connectivity index (χ2v) is 3.82. The lowest BCUT2D eigenvalue weighted by molar-refractivity contribution is -0.117. The van der Waals surface area contributed by atoms with Gasteiger partial charge in [0.05, 0.1) is 12.8 Å². The maximum absolute atomic E-state index is 11.6. The molecule has 0 aromatic heterocycles. The lowest BCUT2D eigenvalue weighted by Crippen LogP contribution is -2.24. The Morgan fingerprint density at radius 3 is 2.80 bits per heavy atom. The largest absolute Gasteiger partial charge is 0.495 e. The molecule has 1 fully saturated rings. The van der Waals surface area contributed by atoms with Crippen molar-refractivity contribution in [2.45, 2.75) is 19.8 Å². The molecule has 0 radical (unpaired) electrons. The molecule has 0 bridgehead atoms. The quantitative estimate of drug-likeness (QED) is 0.740. The Morgan fingerprint density at radius 1 is 1.40 bits per heavy atom. The number of hydrogen-bond donors (Lipinski definition) is 0. The monoisotopic (exact) mass is 205 g/mol. The summed E-state index contributed by atoms with van der Waals surface area (Å²) in [5.74, 6) is 0.967. The summed E-state index contributed by atoms with van der Waals surface area (Å²) in [7, 11) is 1.63. The van der Waals surface area contributed by atoms with Gasteiger partial charge in [0.2, 0.25) is 5.91 Å². The van der Waals surface area contributed by atoms with Crippen molar-refractivity contribution in [3.8, 4) is 5.75 Å². The highest BCUT2D eigenvalue weighted by molar-refractivity contribution is 5.96. The lowest BCUT2D eigenvalue weighted by atomic mass is 10.2. The van der Waals surface area contributed by atoms with Crippen molar-refractivity contribution in [2.75, 3.05) is 18.6 Å². The Kier molecular flexibility index (Phi) is 2.62. The van der Waals surface area contributed by atoms with Crippen LogP contribution in [0.2, 0.25) is 0 Å². The number of methoxy groups -OCH3 is 1. The SMILES string of the molecule is COc1ccc(C)cc1N1CCCC1=O. The lowest BCUT2D eigenvalue weighted by Gasteiger charge is -2.19. The summed E-state index contributed by atoms with van der Waals surface area (Å²) < 4.78 is 5.27. The van der Waals surface area contributed by atoms with Crippen LogP contribution in [0.1, 0.15) is 18.4 Å². The van der Waals surface area contributed by atoms with Gasteiger partial charge in [-0.3, -0.25) is 4.79 Å². The molecule has 1 aromatic carbocycles. The maximum atomic E-state index is 11.6. The van der Waals surface area contributed by atoms with Crippen molar-refractivity contribution >= 4 is 11.6 Å². The molecule has 1 amide bonds. The van der Waals surface area contributed by atoms with Crippen LogP contribution in [0, 0.1) is 6.92 Å². The number of hydrogen-bond acceptors (Lipinski definition) is 2. The minimum absolute atomic E-state index is 0.193. The number of rotatable bonds is 2. The Balaban J connectivity index is 2.40. The number of carbonyl (C=O) groups is 1. The van der Waals surface area contributed by atoms with Crippen LogP contribution in [-0.2, 0) is 4.79 Å². The van der Waals surface area contributed by atoms with Crippen LogP contribution < -0.4 is 9.64 Å². The zero-order chi connectivity index (χ0) is 10.8. The molecule has 0 aliphatic carbocycles. The van der Waals surface area contributed by atoms with Gasteiger partial charge in [-0.15, -0.1) is 0 Å². The molecular formula is C12H15NO2. The van der Waals surface area contributed by atoms with Gasteiger partial charge in [-0.25, -0.2) is 0 Å². The highest BCUT2D eigenvalue weighted by Crippen LogP contribution is 2.32. The average molecular weight is 205 g/mol. The molecule has 1 aliphatic rings. The summed E-state index contributed by atoms with van der Waals surface area (Å²) in [6, 6.07) is 5.90. The fraction of sp³-hybridized carbons (Fsp3) is 0.417. The molecular weight excluding hydrogens is 190 g/mol. The van der Waals surface area contributed by atoms with E-state index in [1.807, 2.05) is 30.0 Å². The standard InChI is InChI=1S/C12H15NO2/c1-9-5-6-11(15-2)10(8-9)13-7-3-4-12(13)14/h5-6,8H,3-4,7H2,1-2H3. The van der Waals surface area contributed by atoms with E-state index in [4.69, 9.17) is 4.74 Å². The van der Waals surface area contributed by atoms with E-state index in [0.717, 1.165) is 30.0 Å². The second-order valence-electron chi connectivity index (χ2n) is 3.82. The van der Waals surface area contributed by atoms with Crippen molar-refractivity contribution < 1.29 is 9.53 Å². The van der Waals surface area contributed by atoms with Gasteiger partial charge in [0, 0.05) is 13.0 Å². The van der Waals surface area contributed by atoms with E-state index < -0.39 is 0 Å². The molecule has 80 valence electrons. The number of anilines is 1. The summed E-state index contributed by atoms with van der Waals surface area (Å²) >= 11 is 0. The molecule has 15 heavy (non-hydrogen) atoms. The third kappa shape index (κ3) is 1.82. The minimum Gasteiger partial charge on any atom is -0.495 e. The molecule has 2 rings (SSSR count). The van der Waals surface area contributed by atoms with E-state index in [1.165, 1.54) is 0 Å². The zero-order valence-corrected chi connectivity index (χ0v) is 9.12. The number of amides is 1. The molecule has 0 atom stereocenters. The van der Waals surface area contributed by atoms with Crippen LogP contribution in [0.5, 0.6) is 5.75 Å². The van der Waals surface area contributed by atoms with E-state index >= 15 is 0 Å². The van der Waals surface area contributed by atoms with E-state index in [1.54, 1.807) is 7.11 Å². The van der Waals surface area contributed by atoms with Crippen LogP contribution in [-0.4, -0.2) is 19.6 Å². The van der Waals surface area contributed by atoms with Crippen molar-refractivity contribution in [1.82, 2.24) is 0 Å². The van der Waals surface area contributed by atoms with E-state index in [9.17, 15) is 4.79 Å². The van der Waals surface area contributed by atoms with Gasteiger partial charge >= 0.3 is 0 Å². The molecule has 1 aliphatic heterocycles. The summed E-state index contributed by atoms with van der Waals surface area (Å²) in [6.07, 6.45) is 1.59. The third-order valence-corrected chi connectivity index (χ3v) is 2.70.